The summed E-state index contributed by atoms with van der Waals surface area (Å²) in [5.41, 5.74) is 15.1. The van der Waals surface area contributed by atoms with Crippen LogP contribution in [0, 0.1) is 13.8 Å². The number of fused-ring (bicyclic) bond motifs is 2. The maximum atomic E-state index is 10.5. The van der Waals surface area contributed by atoms with E-state index < -0.39 is 43.5 Å². The molecule has 6 aliphatic rings. The second-order valence-corrected chi connectivity index (χ2v) is 26.6. The van der Waals surface area contributed by atoms with Gasteiger partial charge in [-0.15, -0.1) is 0 Å². The standard InChI is InChI=1S/2C9H11.2C9H7.2C7H8O3S.2Zr/c4*1-2-5-9-7-3-6-8(9)4-1;2*1-6-2-4-7(5-3-6)11(8,9)10;;/h2*3,6-7H,1-2,4-5H2;2*1-7H;2*2-5H,1H3,(H,8,9,10);;. The summed E-state index contributed by atoms with van der Waals surface area (Å²) in [6.07, 6.45) is 30.9. The van der Waals surface area contributed by atoms with Gasteiger partial charge < -0.3 is 0 Å². The topological polar surface area (TPSA) is 109 Å². The third-order valence-corrected chi connectivity index (χ3v) is 22.2. The van der Waals surface area contributed by atoms with Gasteiger partial charge in [-0.1, -0.05) is 35.4 Å². The molecule has 10 rings (SSSR count). The Labute approximate surface area is 380 Å². The zero-order chi connectivity index (χ0) is 42.3. The van der Waals surface area contributed by atoms with Gasteiger partial charge in [0.25, 0.3) is 20.2 Å². The van der Waals surface area contributed by atoms with Crippen LogP contribution in [0.2, 0.25) is 7.25 Å². The molecule has 4 atom stereocenters. The van der Waals surface area contributed by atoms with Gasteiger partial charge in [-0.05, 0) is 38.1 Å². The van der Waals surface area contributed by atoms with Gasteiger partial charge in [-0.25, -0.2) is 0 Å². The predicted molar refractivity (Wildman–Crippen MR) is 235 cm³/mol. The van der Waals surface area contributed by atoms with Crippen molar-refractivity contribution >= 4 is 32.4 Å². The number of allylic oxidation sites excluding steroid dienone is 10. The van der Waals surface area contributed by atoms with Gasteiger partial charge in [0.15, 0.2) is 0 Å². The molecule has 0 saturated heterocycles. The molecule has 0 spiro atoms. The van der Waals surface area contributed by atoms with Gasteiger partial charge in [-0.3, -0.25) is 9.11 Å². The Morgan fingerprint density at radius 2 is 0.800 bits per heavy atom. The average molecular weight is 996 g/mol. The smallest absolute Gasteiger partial charge is 0.282 e. The van der Waals surface area contributed by atoms with Crippen molar-refractivity contribution in [2.45, 2.75) is 89.5 Å². The van der Waals surface area contributed by atoms with Gasteiger partial charge in [0.05, 0.1) is 9.79 Å². The monoisotopic (exact) mass is 992 g/mol. The third kappa shape index (κ3) is 11.7. The molecule has 308 valence electrons. The molecule has 0 fully saturated rings. The molecule has 4 aromatic carbocycles. The van der Waals surface area contributed by atoms with E-state index in [1.165, 1.54) is 86.8 Å². The van der Waals surface area contributed by atoms with Crippen molar-refractivity contribution < 1.29 is 72.4 Å². The molecule has 0 bridgehead atoms. The molecule has 0 aliphatic heterocycles. The van der Waals surface area contributed by atoms with Crippen LogP contribution >= 0.6 is 0 Å². The van der Waals surface area contributed by atoms with E-state index in [0.717, 1.165) is 25.6 Å². The van der Waals surface area contributed by atoms with E-state index in [0.29, 0.717) is 0 Å². The van der Waals surface area contributed by atoms with Crippen LogP contribution in [0.1, 0.15) is 92.0 Å². The van der Waals surface area contributed by atoms with Crippen molar-refractivity contribution in [3.63, 3.8) is 0 Å². The predicted octanol–water partition coefficient (Wildman–Crippen LogP) is 12.6. The SMILES string of the molecule is C1=C[CH]([Zr][CH]2C=CC3=C2CCCC3)C2=C1CCCC2.C1=C[CH]([Zr][CH]2C=Cc3ccccc32)c2ccccc21.Cc1ccc(S(=O)(=O)O)cc1.Cc1ccc(S(=O)(=O)O)cc1. The van der Waals surface area contributed by atoms with Crippen molar-refractivity contribution in [3.05, 3.63) is 189 Å². The van der Waals surface area contributed by atoms with E-state index >= 15 is 0 Å². The summed E-state index contributed by atoms with van der Waals surface area (Å²) in [6, 6.07) is 29.7. The molecule has 6 nitrogen and oxygen atoms in total. The van der Waals surface area contributed by atoms with E-state index in [-0.39, 0.29) is 33.0 Å². The minimum Gasteiger partial charge on any atom is -0.282 e. The number of hydrogen-bond acceptors (Lipinski definition) is 4. The van der Waals surface area contributed by atoms with E-state index in [1.807, 2.05) is 25.0 Å². The van der Waals surface area contributed by atoms with Crippen LogP contribution in [0.3, 0.4) is 0 Å². The molecule has 10 heteroatoms. The fraction of sp³-hybridized carbons (Fsp3) is 0.280. The Hall–Kier alpha value is -3.09. The fourth-order valence-electron chi connectivity index (χ4n) is 8.56. The van der Waals surface area contributed by atoms with Crippen LogP contribution in [0.5, 0.6) is 0 Å². The summed E-state index contributed by atoms with van der Waals surface area (Å²) < 4.78 is 62.4. The molecule has 0 amide bonds. The first kappa shape index (κ1) is 44.9. The maximum Gasteiger partial charge on any atom is 0.294 e. The van der Waals surface area contributed by atoms with Crippen molar-refractivity contribution in [2.75, 3.05) is 0 Å². The Balaban J connectivity index is 0.000000126. The average Bonchev–Trinajstić information content (AvgIpc) is 4.05. The van der Waals surface area contributed by atoms with Crippen LogP contribution in [0.15, 0.2) is 166 Å². The normalized spacial score (nSPS) is 21.7. The van der Waals surface area contributed by atoms with E-state index in [4.69, 9.17) is 9.11 Å². The summed E-state index contributed by atoms with van der Waals surface area (Å²) in [5.74, 6) is 0. The first-order valence-corrected chi connectivity index (χ1v) is 29.3. The Morgan fingerprint density at radius 3 is 1.20 bits per heavy atom. The van der Waals surface area contributed by atoms with Crippen molar-refractivity contribution in [1.29, 1.82) is 0 Å². The summed E-state index contributed by atoms with van der Waals surface area (Å²) >= 11 is -0.914. The minimum absolute atomic E-state index is 0.0666. The zero-order valence-electron chi connectivity index (χ0n) is 34.2. The van der Waals surface area contributed by atoms with Crippen molar-refractivity contribution in [3.8, 4) is 0 Å². The second kappa shape index (κ2) is 20.4. The van der Waals surface area contributed by atoms with Gasteiger partial charge in [0.2, 0.25) is 0 Å². The van der Waals surface area contributed by atoms with E-state index in [2.05, 4.69) is 97.1 Å². The number of benzene rings is 4. The molecule has 60 heavy (non-hydrogen) atoms. The molecule has 0 saturated carbocycles. The van der Waals surface area contributed by atoms with E-state index in [1.54, 1.807) is 46.5 Å². The molecule has 4 unspecified atom stereocenters. The Bertz CT molecular complexity index is 2410. The molecular weight excluding hydrogens is 943 g/mol. The number of hydrogen-bond donors (Lipinski definition) is 2. The zero-order valence-corrected chi connectivity index (χ0v) is 40.7. The maximum absolute atomic E-state index is 10.5. The Kier molecular flexibility index (Phi) is 15.3. The molecule has 0 aromatic heterocycles. The van der Waals surface area contributed by atoms with Gasteiger partial charge in [0.1, 0.15) is 0 Å². The fourth-order valence-corrected chi connectivity index (χ4v) is 18.2. The molecule has 2 N–H and O–H groups in total. The molecule has 6 aliphatic carbocycles. The van der Waals surface area contributed by atoms with Gasteiger partial charge >= 0.3 is 254 Å². The van der Waals surface area contributed by atoms with Crippen LogP contribution in [0.25, 0.3) is 12.2 Å². The van der Waals surface area contributed by atoms with Crippen LogP contribution in [-0.4, -0.2) is 25.9 Å². The Morgan fingerprint density at radius 1 is 0.450 bits per heavy atom. The summed E-state index contributed by atoms with van der Waals surface area (Å²) in [7, 11) is -8.04. The van der Waals surface area contributed by atoms with Gasteiger partial charge in [-0.2, -0.15) is 16.8 Å². The minimum atomic E-state index is -4.02. The van der Waals surface area contributed by atoms with Crippen LogP contribution in [0.4, 0.5) is 0 Å². The van der Waals surface area contributed by atoms with Crippen molar-refractivity contribution in [1.82, 2.24) is 0 Å². The third-order valence-electron chi connectivity index (χ3n) is 11.8. The summed E-state index contributed by atoms with van der Waals surface area (Å²) in [6.45, 7) is 3.68. The summed E-state index contributed by atoms with van der Waals surface area (Å²) in [4.78, 5) is -0.133. The number of aryl methyl sites for hydroxylation is 2. The van der Waals surface area contributed by atoms with Crippen molar-refractivity contribution in [2.24, 2.45) is 0 Å². The van der Waals surface area contributed by atoms with Crippen LogP contribution in [-0.2, 0) is 66.7 Å². The molecular formula is C50H52O6S2Zr2. The molecule has 0 radical (unpaired) electrons. The number of rotatable bonds is 6. The van der Waals surface area contributed by atoms with E-state index in [9.17, 15) is 16.8 Å². The quantitative estimate of drug-likeness (QED) is 0.186. The van der Waals surface area contributed by atoms with Gasteiger partial charge in [0, 0.05) is 0 Å². The first-order valence-electron chi connectivity index (χ1n) is 20.8. The molecule has 0 heterocycles. The van der Waals surface area contributed by atoms with Crippen LogP contribution < -0.4 is 0 Å². The summed E-state index contributed by atoms with van der Waals surface area (Å²) in [5, 5.41) is 0. The first-order chi connectivity index (χ1) is 28.8. The second-order valence-electron chi connectivity index (χ2n) is 16.0. The largest absolute Gasteiger partial charge is 0.294 e. The molecule has 4 aromatic rings.